The Labute approximate surface area is 156 Å². The van der Waals surface area contributed by atoms with E-state index in [9.17, 15) is 4.79 Å². The molecule has 1 unspecified atom stereocenters. The van der Waals surface area contributed by atoms with Crippen molar-refractivity contribution in [1.82, 2.24) is 10.6 Å². The molecule has 0 aliphatic carbocycles. The van der Waals surface area contributed by atoms with Gasteiger partial charge in [0.25, 0.3) is 0 Å². The molecule has 1 aliphatic rings. The van der Waals surface area contributed by atoms with E-state index in [-0.39, 0.29) is 30.3 Å². The van der Waals surface area contributed by atoms with Gasteiger partial charge in [0.15, 0.2) is 0 Å². The lowest BCUT2D eigenvalue weighted by atomic mass is 9.91. The number of hydrogen-bond acceptors (Lipinski definition) is 2. The van der Waals surface area contributed by atoms with E-state index in [0.29, 0.717) is 6.04 Å². The van der Waals surface area contributed by atoms with Crippen molar-refractivity contribution in [3.63, 3.8) is 0 Å². The van der Waals surface area contributed by atoms with Gasteiger partial charge in [-0.3, -0.25) is 4.79 Å². The number of amides is 1. The van der Waals surface area contributed by atoms with Gasteiger partial charge < -0.3 is 10.6 Å². The van der Waals surface area contributed by atoms with E-state index in [1.54, 1.807) is 0 Å². The average Bonchev–Trinajstić information content (AvgIpc) is 2.63. The van der Waals surface area contributed by atoms with Gasteiger partial charge in [-0.25, -0.2) is 0 Å². The number of carbonyl (C=O) groups is 1. The molecule has 0 radical (unpaired) electrons. The van der Waals surface area contributed by atoms with E-state index < -0.39 is 0 Å². The van der Waals surface area contributed by atoms with Crippen LogP contribution < -0.4 is 10.6 Å². The molecule has 0 bridgehead atoms. The third-order valence-corrected chi connectivity index (χ3v) is 4.80. The summed E-state index contributed by atoms with van der Waals surface area (Å²) in [5.74, 6) is 0.302. The first-order valence-electron chi connectivity index (χ1n) is 8.85. The highest BCUT2D eigenvalue weighted by atomic mass is 35.5. The molecule has 3 nitrogen and oxygen atoms in total. The van der Waals surface area contributed by atoms with Gasteiger partial charge in [0.05, 0.1) is 6.04 Å². The molecule has 2 aromatic rings. The van der Waals surface area contributed by atoms with Crippen molar-refractivity contribution < 1.29 is 4.79 Å². The molecular formula is C21H27ClN2O. The van der Waals surface area contributed by atoms with Crippen LogP contribution in [-0.2, 0) is 11.2 Å². The van der Waals surface area contributed by atoms with Crippen LogP contribution in [0.1, 0.15) is 36.9 Å². The number of halogens is 1. The highest BCUT2D eigenvalue weighted by Gasteiger charge is 2.26. The van der Waals surface area contributed by atoms with Crippen molar-refractivity contribution in [3.8, 4) is 0 Å². The van der Waals surface area contributed by atoms with E-state index in [1.807, 2.05) is 36.4 Å². The second-order valence-corrected chi connectivity index (χ2v) is 6.74. The number of piperidine rings is 1. The van der Waals surface area contributed by atoms with Gasteiger partial charge >= 0.3 is 0 Å². The Morgan fingerprint density at radius 1 is 1.12 bits per heavy atom. The fourth-order valence-electron chi connectivity index (χ4n) is 3.45. The molecule has 1 saturated heterocycles. The van der Waals surface area contributed by atoms with Crippen LogP contribution >= 0.6 is 12.4 Å². The predicted molar refractivity (Wildman–Crippen MR) is 105 cm³/mol. The highest BCUT2D eigenvalue weighted by Crippen LogP contribution is 2.22. The van der Waals surface area contributed by atoms with Crippen molar-refractivity contribution >= 4 is 18.3 Å². The van der Waals surface area contributed by atoms with E-state index in [0.717, 1.165) is 31.4 Å². The zero-order valence-electron chi connectivity index (χ0n) is 14.7. The Bertz CT molecular complexity index is 647. The summed E-state index contributed by atoms with van der Waals surface area (Å²) in [6.07, 6.45) is 2.65. The Balaban J connectivity index is 0.00000225. The zero-order valence-corrected chi connectivity index (χ0v) is 15.5. The number of rotatable bonds is 5. The van der Waals surface area contributed by atoms with Crippen LogP contribution in [0.5, 0.6) is 0 Å². The lowest BCUT2D eigenvalue weighted by Crippen LogP contribution is -2.43. The molecule has 1 amide bonds. The number of nitrogens with one attached hydrogen (secondary N) is 2. The smallest absolute Gasteiger partial charge is 0.223 e. The Kier molecular flexibility index (Phi) is 7.48. The average molecular weight is 359 g/mol. The molecule has 0 spiro atoms. The van der Waals surface area contributed by atoms with Gasteiger partial charge in [0.1, 0.15) is 0 Å². The van der Waals surface area contributed by atoms with Crippen LogP contribution in [0.15, 0.2) is 60.7 Å². The summed E-state index contributed by atoms with van der Waals surface area (Å²) in [7, 11) is 0. The molecule has 0 aromatic heterocycles. The summed E-state index contributed by atoms with van der Waals surface area (Å²) in [4.78, 5) is 12.8. The maximum absolute atomic E-state index is 12.8. The van der Waals surface area contributed by atoms with E-state index >= 15 is 0 Å². The first-order valence-corrected chi connectivity index (χ1v) is 8.85. The zero-order chi connectivity index (χ0) is 16.8. The fraction of sp³-hybridized carbons (Fsp3) is 0.381. The summed E-state index contributed by atoms with van der Waals surface area (Å²) in [5.41, 5.74) is 2.40. The van der Waals surface area contributed by atoms with Crippen LogP contribution in [0.25, 0.3) is 0 Å². The maximum atomic E-state index is 12.8. The van der Waals surface area contributed by atoms with Gasteiger partial charge in [-0.2, -0.15) is 0 Å². The second-order valence-electron chi connectivity index (χ2n) is 6.74. The van der Waals surface area contributed by atoms with Gasteiger partial charge in [-0.05, 0) is 43.9 Å². The van der Waals surface area contributed by atoms with Crippen LogP contribution in [0.4, 0.5) is 0 Å². The lowest BCUT2D eigenvalue weighted by Gasteiger charge is -2.29. The summed E-state index contributed by atoms with van der Waals surface area (Å²) in [5, 5.41) is 6.72. The lowest BCUT2D eigenvalue weighted by molar-refractivity contribution is -0.126. The molecule has 134 valence electrons. The van der Waals surface area contributed by atoms with Gasteiger partial charge in [-0.1, -0.05) is 60.7 Å². The SMILES string of the molecule is C[C@H]1C[C@@H](C(=O)NC(Cc2ccccc2)c2ccccc2)CCN1.Cl. The van der Waals surface area contributed by atoms with Crippen LogP contribution in [0.3, 0.4) is 0 Å². The van der Waals surface area contributed by atoms with E-state index in [4.69, 9.17) is 0 Å². The molecule has 3 rings (SSSR count). The summed E-state index contributed by atoms with van der Waals surface area (Å²) in [6, 6.07) is 21.1. The molecule has 25 heavy (non-hydrogen) atoms. The van der Waals surface area contributed by atoms with Crippen molar-refractivity contribution in [1.29, 1.82) is 0 Å². The Hall–Kier alpha value is -1.84. The van der Waals surface area contributed by atoms with Crippen LogP contribution in [-0.4, -0.2) is 18.5 Å². The number of benzene rings is 2. The highest BCUT2D eigenvalue weighted by molar-refractivity contribution is 5.85. The molecule has 2 N–H and O–H groups in total. The first-order chi connectivity index (χ1) is 11.7. The summed E-state index contributed by atoms with van der Waals surface area (Å²) >= 11 is 0. The molecule has 1 aliphatic heterocycles. The molecule has 3 atom stereocenters. The summed E-state index contributed by atoms with van der Waals surface area (Å²) in [6.45, 7) is 3.08. The molecule has 4 heteroatoms. The quantitative estimate of drug-likeness (QED) is 0.851. The maximum Gasteiger partial charge on any atom is 0.223 e. The summed E-state index contributed by atoms with van der Waals surface area (Å²) < 4.78 is 0. The van der Waals surface area contributed by atoms with E-state index in [1.165, 1.54) is 5.56 Å². The monoisotopic (exact) mass is 358 g/mol. The predicted octanol–water partition coefficient (Wildman–Crippen LogP) is 3.90. The molecule has 1 fully saturated rings. The third kappa shape index (κ3) is 5.58. The van der Waals surface area contributed by atoms with Crippen LogP contribution in [0.2, 0.25) is 0 Å². The van der Waals surface area contributed by atoms with Gasteiger partial charge in [-0.15, -0.1) is 12.4 Å². The van der Waals surface area contributed by atoms with Crippen molar-refractivity contribution in [3.05, 3.63) is 71.8 Å². The minimum Gasteiger partial charge on any atom is -0.349 e. The molecule has 2 aromatic carbocycles. The molecule has 0 saturated carbocycles. The van der Waals surface area contributed by atoms with Gasteiger partial charge in [0.2, 0.25) is 5.91 Å². The standard InChI is InChI=1S/C21H26N2O.ClH/c1-16-14-19(12-13-22-16)21(24)23-20(18-10-6-3-7-11-18)15-17-8-4-2-5-9-17;/h2-11,16,19-20,22H,12-15H2,1H3,(H,23,24);1H/t16-,19-,20?;/m0./s1. The fourth-order valence-corrected chi connectivity index (χ4v) is 3.45. The van der Waals surface area contributed by atoms with Crippen molar-refractivity contribution in [2.24, 2.45) is 5.92 Å². The van der Waals surface area contributed by atoms with Gasteiger partial charge in [0, 0.05) is 12.0 Å². The van der Waals surface area contributed by atoms with E-state index in [2.05, 4.69) is 41.8 Å². The normalized spacial score (nSPS) is 21.0. The van der Waals surface area contributed by atoms with Crippen LogP contribution in [0, 0.1) is 5.92 Å². The van der Waals surface area contributed by atoms with Crippen molar-refractivity contribution in [2.45, 2.75) is 38.3 Å². The third-order valence-electron chi connectivity index (χ3n) is 4.80. The topological polar surface area (TPSA) is 41.1 Å². The number of carbonyl (C=O) groups excluding carboxylic acids is 1. The largest absolute Gasteiger partial charge is 0.349 e. The minimum atomic E-state index is 0. The minimum absolute atomic E-state index is 0. The molecular weight excluding hydrogens is 332 g/mol. The molecule has 1 heterocycles. The Morgan fingerprint density at radius 3 is 2.40 bits per heavy atom. The first kappa shape index (κ1) is 19.5. The number of hydrogen-bond donors (Lipinski definition) is 2. The Morgan fingerprint density at radius 2 is 1.76 bits per heavy atom. The van der Waals surface area contributed by atoms with Crippen molar-refractivity contribution in [2.75, 3.05) is 6.54 Å². The second kappa shape index (κ2) is 9.59.